The third kappa shape index (κ3) is 2.68. The van der Waals surface area contributed by atoms with E-state index in [0.29, 0.717) is 0 Å². The lowest BCUT2D eigenvalue weighted by Crippen LogP contribution is -1.86. The Kier molecular flexibility index (Phi) is 3.32. The Morgan fingerprint density at radius 2 is 1.83 bits per heavy atom. The Balaban J connectivity index is 0.000000130. The molecule has 2 atom stereocenters. The third-order valence-corrected chi connectivity index (χ3v) is 2.47. The van der Waals surface area contributed by atoms with Crippen molar-refractivity contribution < 1.29 is 9.90 Å². The fraction of sp³-hybridized carbons (Fsp3) is 0.700. The van der Waals surface area contributed by atoms with Gasteiger partial charge in [-0.25, -0.2) is 0 Å². The molecule has 0 aromatic carbocycles. The summed E-state index contributed by atoms with van der Waals surface area (Å²) in [5.41, 5.74) is 0. The molecule has 1 fully saturated rings. The van der Waals surface area contributed by atoms with E-state index in [1.807, 2.05) is 0 Å². The number of carboxylic acid groups (broad SMARTS) is 1. The molecular formula is C10H16O2. The van der Waals surface area contributed by atoms with Gasteiger partial charge in [-0.3, -0.25) is 4.79 Å². The Morgan fingerprint density at radius 1 is 1.42 bits per heavy atom. The summed E-state index contributed by atoms with van der Waals surface area (Å²) in [5, 5.41) is 7.72. The van der Waals surface area contributed by atoms with Gasteiger partial charge in [0.05, 0.1) is 0 Å². The second-order valence-corrected chi connectivity index (χ2v) is 3.47. The van der Waals surface area contributed by atoms with E-state index >= 15 is 0 Å². The normalized spacial score (nSPS) is 29.8. The predicted octanol–water partition coefficient (Wildman–Crippen LogP) is 2.45. The first-order valence-corrected chi connectivity index (χ1v) is 4.62. The molecule has 68 valence electrons. The molecule has 1 N–H and O–H groups in total. The van der Waals surface area contributed by atoms with Crippen LogP contribution in [0.1, 0.15) is 32.6 Å². The van der Waals surface area contributed by atoms with Crippen LogP contribution in [0.4, 0.5) is 0 Å². The summed E-state index contributed by atoms with van der Waals surface area (Å²) in [4.78, 5) is 9.37. The second-order valence-electron chi connectivity index (χ2n) is 3.47. The molecule has 0 aromatic heterocycles. The van der Waals surface area contributed by atoms with Crippen molar-refractivity contribution in [2.75, 3.05) is 0 Å². The molecule has 1 saturated carbocycles. The lowest BCUT2D eigenvalue weighted by atomic mass is 10.1. The smallest absolute Gasteiger partial charge is 0.303 e. The summed E-state index contributed by atoms with van der Waals surface area (Å²) < 4.78 is 0. The number of carbonyl (C=O) groups is 1. The molecule has 2 bridgehead atoms. The molecule has 2 aliphatic rings. The SMILES string of the molecule is C1=CC2CCC1C2.CCC(=O)O. The molecule has 2 heteroatoms. The number of carboxylic acids is 1. The predicted molar refractivity (Wildman–Crippen MR) is 47.9 cm³/mol. The fourth-order valence-corrected chi connectivity index (χ4v) is 1.72. The minimum atomic E-state index is -0.745. The van der Waals surface area contributed by atoms with Crippen LogP contribution in [0.15, 0.2) is 12.2 Å². The van der Waals surface area contributed by atoms with E-state index in [-0.39, 0.29) is 6.42 Å². The Hall–Kier alpha value is -0.790. The Bertz CT molecular complexity index is 172. The minimum absolute atomic E-state index is 0.222. The summed E-state index contributed by atoms with van der Waals surface area (Å²) in [6, 6.07) is 0. The highest BCUT2D eigenvalue weighted by molar-refractivity contribution is 5.66. The first-order chi connectivity index (χ1) is 5.72. The van der Waals surface area contributed by atoms with Crippen LogP contribution in [-0.4, -0.2) is 11.1 Å². The molecule has 0 spiro atoms. The van der Waals surface area contributed by atoms with Crippen LogP contribution in [0.2, 0.25) is 0 Å². The van der Waals surface area contributed by atoms with E-state index in [2.05, 4.69) is 12.2 Å². The zero-order valence-electron chi connectivity index (χ0n) is 7.49. The largest absolute Gasteiger partial charge is 0.481 e. The summed E-state index contributed by atoms with van der Waals surface area (Å²) in [6.45, 7) is 1.60. The number of fused-ring (bicyclic) bond motifs is 2. The fourth-order valence-electron chi connectivity index (χ4n) is 1.72. The van der Waals surface area contributed by atoms with Crippen LogP contribution in [0.5, 0.6) is 0 Å². The van der Waals surface area contributed by atoms with Crippen molar-refractivity contribution in [3.8, 4) is 0 Å². The van der Waals surface area contributed by atoms with Crippen LogP contribution in [0.3, 0.4) is 0 Å². The molecule has 2 unspecified atom stereocenters. The van der Waals surface area contributed by atoms with Crippen LogP contribution in [-0.2, 0) is 4.79 Å². The zero-order valence-corrected chi connectivity index (χ0v) is 7.49. The van der Waals surface area contributed by atoms with Crippen molar-refractivity contribution in [1.82, 2.24) is 0 Å². The van der Waals surface area contributed by atoms with Crippen molar-refractivity contribution in [1.29, 1.82) is 0 Å². The van der Waals surface area contributed by atoms with Gasteiger partial charge < -0.3 is 5.11 Å². The van der Waals surface area contributed by atoms with Crippen molar-refractivity contribution in [2.45, 2.75) is 32.6 Å². The molecule has 0 heterocycles. The molecule has 0 radical (unpaired) electrons. The maximum atomic E-state index is 9.37. The van der Waals surface area contributed by atoms with E-state index in [0.717, 1.165) is 11.8 Å². The Morgan fingerprint density at radius 3 is 1.92 bits per heavy atom. The lowest BCUT2D eigenvalue weighted by molar-refractivity contribution is -0.136. The van der Waals surface area contributed by atoms with E-state index in [4.69, 9.17) is 5.11 Å². The maximum Gasteiger partial charge on any atom is 0.303 e. The van der Waals surface area contributed by atoms with Crippen LogP contribution in [0, 0.1) is 11.8 Å². The van der Waals surface area contributed by atoms with Crippen LogP contribution in [0.25, 0.3) is 0 Å². The molecular weight excluding hydrogens is 152 g/mol. The van der Waals surface area contributed by atoms with E-state index in [1.54, 1.807) is 6.92 Å². The average molecular weight is 168 g/mol. The molecule has 2 aliphatic carbocycles. The zero-order chi connectivity index (χ0) is 8.97. The molecule has 0 saturated heterocycles. The van der Waals surface area contributed by atoms with Gasteiger partial charge in [0.15, 0.2) is 0 Å². The van der Waals surface area contributed by atoms with Gasteiger partial charge >= 0.3 is 5.97 Å². The van der Waals surface area contributed by atoms with Gasteiger partial charge in [-0.15, -0.1) is 0 Å². The number of hydrogen-bond acceptors (Lipinski definition) is 1. The number of aliphatic carboxylic acids is 1. The quantitative estimate of drug-likeness (QED) is 0.610. The molecule has 0 amide bonds. The van der Waals surface area contributed by atoms with Crippen molar-refractivity contribution >= 4 is 5.97 Å². The van der Waals surface area contributed by atoms with Gasteiger partial charge in [-0.05, 0) is 31.1 Å². The maximum absolute atomic E-state index is 9.37. The Labute approximate surface area is 73.3 Å². The summed E-state index contributed by atoms with van der Waals surface area (Å²) in [6.07, 6.45) is 9.41. The van der Waals surface area contributed by atoms with Crippen LogP contribution >= 0.6 is 0 Å². The first kappa shape index (κ1) is 9.30. The van der Waals surface area contributed by atoms with Gasteiger partial charge in [-0.1, -0.05) is 19.1 Å². The average Bonchev–Trinajstić information content (AvgIpc) is 2.67. The van der Waals surface area contributed by atoms with Crippen molar-refractivity contribution in [2.24, 2.45) is 11.8 Å². The highest BCUT2D eigenvalue weighted by atomic mass is 16.4. The molecule has 2 rings (SSSR count). The highest BCUT2D eigenvalue weighted by Crippen LogP contribution is 2.38. The van der Waals surface area contributed by atoms with Gasteiger partial charge in [0.2, 0.25) is 0 Å². The van der Waals surface area contributed by atoms with Crippen molar-refractivity contribution in [3.63, 3.8) is 0 Å². The minimum Gasteiger partial charge on any atom is -0.481 e. The lowest BCUT2D eigenvalue weighted by Gasteiger charge is -1.96. The summed E-state index contributed by atoms with van der Waals surface area (Å²) in [7, 11) is 0. The van der Waals surface area contributed by atoms with E-state index < -0.39 is 5.97 Å². The van der Waals surface area contributed by atoms with Crippen LogP contribution < -0.4 is 0 Å². The summed E-state index contributed by atoms with van der Waals surface area (Å²) >= 11 is 0. The number of hydrogen-bond donors (Lipinski definition) is 1. The van der Waals surface area contributed by atoms with Gasteiger partial charge in [0.25, 0.3) is 0 Å². The number of rotatable bonds is 1. The number of allylic oxidation sites excluding steroid dienone is 2. The van der Waals surface area contributed by atoms with E-state index in [1.165, 1.54) is 19.3 Å². The van der Waals surface area contributed by atoms with Gasteiger partial charge in [-0.2, -0.15) is 0 Å². The topological polar surface area (TPSA) is 37.3 Å². The molecule has 0 aromatic rings. The standard InChI is InChI=1S/C7H10.C3H6O2/c1-2-7-4-3-6(1)5-7;1-2-3(4)5/h1-2,6-7H,3-5H2;2H2,1H3,(H,4,5). The monoisotopic (exact) mass is 168 g/mol. The first-order valence-electron chi connectivity index (χ1n) is 4.62. The van der Waals surface area contributed by atoms with Gasteiger partial charge in [0, 0.05) is 6.42 Å². The van der Waals surface area contributed by atoms with Crippen molar-refractivity contribution in [3.05, 3.63) is 12.2 Å². The second kappa shape index (κ2) is 4.29. The van der Waals surface area contributed by atoms with Gasteiger partial charge in [0.1, 0.15) is 0 Å². The summed E-state index contributed by atoms with van der Waals surface area (Å²) in [5.74, 6) is 1.24. The third-order valence-electron chi connectivity index (χ3n) is 2.47. The highest BCUT2D eigenvalue weighted by Gasteiger charge is 2.25. The van der Waals surface area contributed by atoms with E-state index in [9.17, 15) is 4.79 Å². The molecule has 2 nitrogen and oxygen atoms in total. The molecule has 12 heavy (non-hydrogen) atoms. The molecule has 0 aliphatic heterocycles.